The summed E-state index contributed by atoms with van der Waals surface area (Å²) in [4.78, 5) is 0. The van der Waals surface area contributed by atoms with Gasteiger partial charge in [-0.1, -0.05) is 30.1 Å². The summed E-state index contributed by atoms with van der Waals surface area (Å²) < 4.78 is 10.9. The zero-order chi connectivity index (χ0) is 15.4. The molecule has 1 unspecified atom stereocenters. The van der Waals surface area contributed by atoms with E-state index in [1.807, 2.05) is 25.1 Å². The first-order chi connectivity index (χ1) is 10.1. The fourth-order valence-corrected chi connectivity index (χ4v) is 2.69. The van der Waals surface area contributed by atoms with Crippen molar-refractivity contribution in [1.82, 2.24) is 5.32 Å². The number of furan rings is 1. The van der Waals surface area contributed by atoms with E-state index in [9.17, 15) is 0 Å². The van der Waals surface area contributed by atoms with Gasteiger partial charge in [0.25, 0.3) is 0 Å². The average Bonchev–Trinajstić information content (AvgIpc) is 2.89. The number of methoxy groups -OCH3 is 1. The molecule has 0 fully saturated rings. The summed E-state index contributed by atoms with van der Waals surface area (Å²) in [6, 6.07) is 7.32. The van der Waals surface area contributed by atoms with E-state index in [2.05, 4.69) is 12.2 Å². The molecule has 1 aromatic carbocycles. The Kier molecular flexibility index (Phi) is 5.57. The van der Waals surface area contributed by atoms with Crippen LogP contribution in [-0.2, 0) is 0 Å². The Bertz CT molecular complexity index is 610. The molecular weight excluding hydrogens is 309 g/mol. The van der Waals surface area contributed by atoms with Crippen LogP contribution in [0.2, 0.25) is 10.0 Å². The zero-order valence-corrected chi connectivity index (χ0v) is 13.9. The first-order valence-electron chi connectivity index (χ1n) is 6.89. The van der Waals surface area contributed by atoms with E-state index in [0.29, 0.717) is 15.8 Å². The fraction of sp³-hybridized carbons (Fsp3) is 0.375. The van der Waals surface area contributed by atoms with Crippen LogP contribution in [0.25, 0.3) is 0 Å². The maximum absolute atomic E-state index is 6.39. The highest BCUT2D eigenvalue weighted by Gasteiger charge is 2.21. The highest BCUT2D eigenvalue weighted by atomic mass is 35.5. The van der Waals surface area contributed by atoms with Gasteiger partial charge < -0.3 is 14.5 Å². The molecule has 0 aliphatic heterocycles. The van der Waals surface area contributed by atoms with Gasteiger partial charge in [-0.05, 0) is 43.7 Å². The van der Waals surface area contributed by atoms with Gasteiger partial charge in [-0.25, -0.2) is 0 Å². The van der Waals surface area contributed by atoms with Crippen molar-refractivity contribution in [2.45, 2.75) is 26.3 Å². The van der Waals surface area contributed by atoms with Gasteiger partial charge in [0.15, 0.2) is 0 Å². The largest absolute Gasteiger partial charge is 0.495 e. The lowest BCUT2D eigenvalue weighted by Gasteiger charge is -2.19. The second-order valence-electron chi connectivity index (χ2n) is 4.84. The van der Waals surface area contributed by atoms with E-state index in [0.717, 1.165) is 30.0 Å². The Morgan fingerprint density at radius 3 is 2.57 bits per heavy atom. The standard InChI is InChI=1S/C16H19Cl2NO2/c1-4-7-19-16(14-6-5-10(2)21-14)11-8-13(18)15(20-3)9-12(11)17/h5-6,8-9,16,19H,4,7H2,1-3H3. The normalized spacial score (nSPS) is 12.4. The van der Waals surface area contributed by atoms with Gasteiger partial charge in [0, 0.05) is 11.1 Å². The molecule has 21 heavy (non-hydrogen) atoms. The summed E-state index contributed by atoms with van der Waals surface area (Å²) in [5, 5.41) is 4.57. The second-order valence-corrected chi connectivity index (χ2v) is 5.66. The minimum absolute atomic E-state index is 0.130. The molecule has 0 bridgehead atoms. The number of nitrogens with one attached hydrogen (secondary N) is 1. The lowest BCUT2D eigenvalue weighted by molar-refractivity contribution is 0.413. The van der Waals surface area contributed by atoms with E-state index in [4.69, 9.17) is 32.4 Å². The number of ether oxygens (including phenoxy) is 1. The smallest absolute Gasteiger partial charge is 0.138 e. The van der Waals surface area contributed by atoms with Crippen LogP contribution < -0.4 is 10.1 Å². The Morgan fingerprint density at radius 1 is 1.24 bits per heavy atom. The molecule has 3 nitrogen and oxygen atoms in total. The fourth-order valence-electron chi connectivity index (χ4n) is 2.18. The van der Waals surface area contributed by atoms with Crippen LogP contribution in [0.3, 0.4) is 0 Å². The molecule has 2 rings (SSSR count). The Hall–Kier alpha value is -1.16. The van der Waals surface area contributed by atoms with Gasteiger partial charge in [0.2, 0.25) is 0 Å². The topological polar surface area (TPSA) is 34.4 Å². The van der Waals surface area contributed by atoms with Gasteiger partial charge in [-0.2, -0.15) is 0 Å². The summed E-state index contributed by atoms with van der Waals surface area (Å²) >= 11 is 12.6. The zero-order valence-electron chi connectivity index (χ0n) is 12.4. The lowest BCUT2D eigenvalue weighted by Crippen LogP contribution is -2.23. The first-order valence-corrected chi connectivity index (χ1v) is 7.65. The van der Waals surface area contributed by atoms with E-state index in [1.165, 1.54) is 0 Å². The van der Waals surface area contributed by atoms with Crippen LogP contribution in [-0.4, -0.2) is 13.7 Å². The molecule has 0 radical (unpaired) electrons. The first kappa shape index (κ1) is 16.2. The maximum Gasteiger partial charge on any atom is 0.138 e. The van der Waals surface area contributed by atoms with E-state index < -0.39 is 0 Å². The molecule has 0 saturated carbocycles. The van der Waals surface area contributed by atoms with Gasteiger partial charge >= 0.3 is 0 Å². The number of halogens is 2. The Labute approximate surface area is 135 Å². The molecule has 1 N–H and O–H groups in total. The summed E-state index contributed by atoms with van der Waals surface area (Å²) in [5.74, 6) is 2.25. The van der Waals surface area contributed by atoms with Crippen molar-refractivity contribution in [2.75, 3.05) is 13.7 Å². The lowest BCUT2D eigenvalue weighted by atomic mass is 10.0. The van der Waals surface area contributed by atoms with Crippen LogP contribution in [0.5, 0.6) is 5.75 Å². The average molecular weight is 328 g/mol. The number of rotatable bonds is 6. The molecule has 0 spiro atoms. The van der Waals surface area contributed by atoms with Crippen LogP contribution in [0, 0.1) is 6.92 Å². The molecule has 2 aromatic rings. The van der Waals surface area contributed by atoms with Crippen molar-refractivity contribution in [3.63, 3.8) is 0 Å². The van der Waals surface area contributed by atoms with Gasteiger partial charge in [-0.3, -0.25) is 0 Å². The predicted molar refractivity (Wildman–Crippen MR) is 86.6 cm³/mol. The molecule has 1 heterocycles. The van der Waals surface area contributed by atoms with Gasteiger partial charge in [0.1, 0.15) is 17.3 Å². The highest BCUT2D eigenvalue weighted by Crippen LogP contribution is 2.36. The molecule has 0 saturated heterocycles. The molecule has 0 aliphatic rings. The van der Waals surface area contributed by atoms with Crippen molar-refractivity contribution in [3.05, 3.63) is 51.4 Å². The minimum atomic E-state index is -0.130. The minimum Gasteiger partial charge on any atom is -0.495 e. The summed E-state index contributed by atoms with van der Waals surface area (Å²) in [6.07, 6.45) is 1.01. The number of benzene rings is 1. The summed E-state index contributed by atoms with van der Waals surface area (Å²) in [5.41, 5.74) is 0.880. The van der Waals surface area contributed by atoms with Crippen LogP contribution in [0.4, 0.5) is 0 Å². The quantitative estimate of drug-likeness (QED) is 0.811. The van der Waals surface area contributed by atoms with Gasteiger partial charge in [-0.15, -0.1) is 0 Å². The SMILES string of the molecule is CCCNC(c1ccc(C)o1)c1cc(Cl)c(OC)cc1Cl. The molecule has 114 valence electrons. The molecule has 0 aliphatic carbocycles. The summed E-state index contributed by atoms with van der Waals surface area (Å²) in [7, 11) is 1.57. The number of hydrogen-bond acceptors (Lipinski definition) is 3. The van der Waals surface area contributed by atoms with Crippen molar-refractivity contribution in [3.8, 4) is 5.75 Å². The third kappa shape index (κ3) is 3.73. The Balaban J connectivity index is 2.43. The third-order valence-electron chi connectivity index (χ3n) is 3.23. The Morgan fingerprint density at radius 2 is 2.00 bits per heavy atom. The highest BCUT2D eigenvalue weighted by molar-refractivity contribution is 6.34. The number of aryl methyl sites for hydroxylation is 1. The van der Waals surface area contributed by atoms with Crippen LogP contribution in [0.1, 0.15) is 36.5 Å². The molecule has 0 amide bonds. The van der Waals surface area contributed by atoms with Crippen LogP contribution >= 0.6 is 23.2 Å². The van der Waals surface area contributed by atoms with E-state index >= 15 is 0 Å². The van der Waals surface area contributed by atoms with Crippen molar-refractivity contribution >= 4 is 23.2 Å². The molecule has 1 atom stereocenters. The molecule has 1 aromatic heterocycles. The third-order valence-corrected chi connectivity index (χ3v) is 3.85. The number of hydrogen-bond donors (Lipinski definition) is 1. The second kappa shape index (κ2) is 7.21. The predicted octanol–water partition coefficient (Wildman–Crippen LogP) is 4.99. The monoisotopic (exact) mass is 327 g/mol. The maximum atomic E-state index is 6.39. The van der Waals surface area contributed by atoms with E-state index in [-0.39, 0.29) is 6.04 Å². The van der Waals surface area contributed by atoms with Gasteiger partial charge in [0.05, 0.1) is 18.2 Å². The van der Waals surface area contributed by atoms with Crippen molar-refractivity contribution in [1.29, 1.82) is 0 Å². The van der Waals surface area contributed by atoms with E-state index in [1.54, 1.807) is 13.2 Å². The van der Waals surface area contributed by atoms with Crippen molar-refractivity contribution in [2.24, 2.45) is 0 Å². The van der Waals surface area contributed by atoms with Crippen LogP contribution in [0.15, 0.2) is 28.7 Å². The molecular formula is C16H19Cl2NO2. The molecule has 5 heteroatoms. The van der Waals surface area contributed by atoms with Crippen molar-refractivity contribution < 1.29 is 9.15 Å². The summed E-state index contributed by atoms with van der Waals surface area (Å²) in [6.45, 7) is 4.88.